The summed E-state index contributed by atoms with van der Waals surface area (Å²) in [5.74, 6) is 0.780. The molecule has 0 amide bonds. The van der Waals surface area contributed by atoms with Crippen LogP contribution in [-0.4, -0.2) is 29.9 Å². The quantitative estimate of drug-likeness (QED) is 0.412. The monoisotopic (exact) mass is 454 g/mol. The molecule has 0 bridgehead atoms. The number of halogens is 1. The van der Waals surface area contributed by atoms with E-state index in [1.807, 2.05) is 0 Å². The summed E-state index contributed by atoms with van der Waals surface area (Å²) in [5.41, 5.74) is 4.47. The number of rotatable bonds is 8. The molecule has 0 aromatic heterocycles. The van der Waals surface area contributed by atoms with Gasteiger partial charge >= 0.3 is 0 Å². The molecule has 0 N–H and O–H groups in total. The van der Waals surface area contributed by atoms with E-state index in [-0.39, 0.29) is 0 Å². The molecule has 2 aromatic rings. The second kappa shape index (κ2) is 13.6. The Balaban J connectivity index is 0.000000941. The first kappa shape index (κ1) is 23.6. The van der Waals surface area contributed by atoms with E-state index in [4.69, 9.17) is 5.26 Å². The molecule has 0 heterocycles. The van der Waals surface area contributed by atoms with Gasteiger partial charge in [-0.3, -0.25) is 0 Å². The average molecular weight is 455 g/mol. The van der Waals surface area contributed by atoms with Gasteiger partial charge in [-0.25, -0.2) is 0 Å². The van der Waals surface area contributed by atoms with Gasteiger partial charge in [0.1, 0.15) is 0 Å². The Bertz CT molecular complexity index is 713. The molecule has 2 aromatic carbocycles. The van der Waals surface area contributed by atoms with Crippen LogP contribution >= 0.6 is 15.9 Å². The number of aryl methyl sites for hydroxylation is 1. The molecule has 29 heavy (non-hydrogen) atoms. The van der Waals surface area contributed by atoms with Gasteiger partial charge in [0.2, 0.25) is 0 Å². The number of benzene rings is 2. The average Bonchev–Trinajstić information content (AvgIpc) is 2.75. The number of hydrogen-bond donors (Lipinski definition) is 0. The standard InChI is InChI=1S/C24H32BrN.C2H3N/c1-26(19-17-20-6-3-2-4-7-20)18-5-8-21-9-11-22(12-10-21)23-13-15-24(25)16-14-23;1-2-3/h2-4,6-7,9-12,23-24H,5,8,13-19H2,1H3;1H3. The molecule has 1 aliphatic rings. The van der Waals surface area contributed by atoms with Gasteiger partial charge in [0.05, 0.1) is 6.07 Å². The zero-order valence-electron chi connectivity index (χ0n) is 18.0. The Morgan fingerprint density at radius 3 is 2.10 bits per heavy atom. The molecule has 1 saturated carbocycles. The Morgan fingerprint density at radius 1 is 0.897 bits per heavy atom. The van der Waals surface area contributed by atoms with Crippen molar-refractivity contribution in [1.29, 1.82) is 5.26 Å². The largest absolute Gasteiger partial charge is 0.306 e. The topological polar surface area (TPSA) is 27.0 Å². The molecule has 0 radical (unpaired) electrons. The molecule has 1 fully saturated rings. The van der Waals surface area contributed by atoms with Crippen LogP contribution in [0.1, 0.15) is 61.6 Å². The molecular formula is C26H35BrN2. The van der Waals surface area contributed by atoms with Crippen molar-refractivity contribution in [3.8, 4) is 6.07 Å². The van der Waals surface area contributed by atoms with E-state index in [9.17, 15) is 0 Å². The predicted octanol–water partition coefficient (Wildman–Crippen LogP) is 6.74. The first-order valence-electron chi connectivity index (χ1n) is 10.9. The van der Waals surface area contributed by atoms with E-state index in [0.29, 0.717) is 0 Å². The van der Waals surface area contributed by atoms with Crippen molar-refractivity contribution in [2.45, 2.75) is 62.6 Å². The van der Waals surface area contributed by atoms with Crippen LogP contribution in [0.25, 0.3) is 0 Å². The third kappa shape index (κ3) is 9.15. The summed E-state index contributed by atoms with van der Waals surface area (Å²) in [6.07, 6.45) is 8.87. The zero-order valence-corrected chi connectivity index (χ0v) is 19.6. The number of likely N-dealkylation sites (N-methyl/N-ethyl adjacent to an activating group) is 1. The summed E-state index contributed by atoms with van der Waals surface area (Å²) in [4.78, 5) is 3.21. The van der Waals surface area contributed by atoms with Crippen molar-refractivity contribution in [2.24, 2.45) is 0 Å². The van der Waals surface area contributed by atoms with Gasteiger partial charge in [0.25, 0.3) is 0 Å². The normalized spacial score (nSPS) is 18.6. The van der Waals surface area contributed by atoms with Crippen LogP contribution in [0.3, 0.4) is 0 Å². The van der Waals surface area contributed by atoms with Crippen LogP contribution in [-0.2, 0) is 12.8 Å². The second-order valence-electron chi connectivity index (χ2n) is 8.06. The van der Waals surface area contributed by atoms with E-state index in [2.05, 4.69) is 82.5 Å². The van der Waals surface area contributed by atoms with E-state index in [0.717, 1.165) is 23.7 Å². The molecular weight excluding hydrogens is 420 g/mol. The van der Waals surface area contributed by atoms with Crippen molar-refractivity contribution >= 4 is 15.9 Å². The minimum atomic E-state index is 0.747. The summed E-state index contributed by atoms with van der Waals surface area (Å²) in [6, 6.07) is 22.0. The third-order valence-corrected chi connectivity index (χ3v) is 6.65. The highest BCUT2D eigenvalue weighted by molar-refractivity contribution is 9.09. The number of alkyl halides is 1. The predicted molar refractivity (Wildman–Crippen MR) is 128 cm³/mol. The first-order valence-corrected chi connectivity index (χ1v) is 11.8. The SMILES string of the molecule is CC#N.CN(CCCc1ccc(C2CCC(Br)CC2)cc1)CCc1ccccc1. The minimum absolute atomic E-state index is 0.747. The highest BCUT2D eigenvalue weighted by Crippen LogP contribution is 2.35. The second-order valence-corrected chi connectivity index (χ2v) is 9.35. The fourth-order valence-electron chi connectivity index (χ4n) is 3.97. The lowest BCUT2D eigenvalue weighted by Gasteiger charge is -2.25. The summed E-state index contributed by atoms with van der Waals surface area (Å²) < 4.78 is 0. The van der Waals surface area contributed by atoms with E-state index in [1.54, 1.807) is 11.6 Å². The van der Waals surface area contributed by atoms with Crippen molar-refractivity contribution in [1.82, 2.24) is 4.90 Å². The summed E-state index contributed by atoms with van der Waals surface area (Å²) in [5, 5.41) is 7.32. The van der Waals surface area contributed by atoms with Gasteiger partial charge in [-0.05, 0) is 81.1 Å². The lowest BCUT2D eigenvalue weighted by molar-refractivity contribution is 0.333. The van der Waals surface area contributed by atoms with Crippen LogP contribution in [0.4, 0.5) is 0 Å². The first-order chi connectivity index (χ1) is 14.1. The van der Waals surface area contributed by atoms with Gasteiger partial charge in [-0.15, -0.1) is 0 Å². The van der Waals surface area contributed by atoms with Crippen molar-refractivity contribution < 1.29 is 0 Å². The van der Waals surface area contributed by atoms with Crippen LogP contribution in [0.2, 0.25) is 0 Å². The molecule has 156 valence electrons. The Hall–Kier alpha value is -1.63. The summed E-state index contributed by atoms with van der Waals surface area (Å²) in [6.45, 7) is 3.74. The third-order valence-electron chi connectivity index (χ3n) is 5.74. The van der Waals surface area contributed by atoms with Gasteiger partial charge in [0, 0.05) is 18.3 Å². The molecule has 2 nitrogen and oxygen atoms in total. The van der Waals surface area contributed by atoms with E-state index >= 15 is 0 Å². The lowest BCUT2D eigenvalue weighted by Crippen LogP contribution is -2.22. The summed E-state index contributed by atoms with van der Waals surface area (Å²) >= 11 is 3.76. The van der Waals surface area contributed by atoms with Crippen molar-refractivity contribution in [2.75, 3.05) is 20.1 Å². The Morgan fingerprint density at radius 2 is 1.48 bits per heavy atom. The van der Waals surface area contributed by atoms with Crippen molar-refractivity contribution in [3.05, 3.63) is 71.3 Å². The molecule has 3 rings (SSSR count). The highest BCUT2D eigenvalue weighted by Gasteiger charge is 2.20. The fourth-order valence-corrected chi connectivity index (χ4v) is 4.50. The molecule has 0 aliphatic heterocycles. The van der Waals surface area contributed by atoms with Crippen LogP contribution in [0.5, 0.6) is 0 Å². The number of nitriles is 1. The molecule has 0 atom stereocenters. The van der Waals surface area contributed by atoms with Gasteiger partial charge in [-0.1, -0.05) is 70.5 Å². The maximum atomic E-state index is 7.32. The highest BCUT2D eigenvalue weighted by atomic mass is 79.9. The fraction of sp³-hybridized carbons (Fsp3) is 0.500. The molecule has 3 heteroatoms. The number of hydrogen-bond acceptors (Lipinski definition) is 2. The smallest absolute Gasteiger partial charge is 0.0587 e. The lowest BCUT2D eigenvalue weighted by atomic mass is 9.84. The van der Waals surface area contributed by atoms with Crippen molar-refractivity contribution in [3.63, 3.8) is 0 Å². The van der Waals surface area contributed by atoms with E-state index in [1.165, 1.54) is 63.1 Å². The van der Waals surface area contributed by atoms with E-state index < -0.39 is 0 Å². The van der Waals surface area contributed by atoms with Crippen LogP contribution in [0.15, 0.2) is 54.6 Å². The summed E-state index contributed by atoms with van der Waals surface area (Å²) in [7, 11) is 2.24. The maximum absolute atomic E-state index is 7.32. The van der Waals surface area contributed by atoms with Gasteiger partial charge in [0.15, 0.2) is 0 Å². The Kier molecular flexibility index (Phi) is 11.1. The zero-order chi connectivity index (χ0) is 20.9. The van der Waals surface area contributed by atoms with Crippen LogP contribution in [0, 0.1) is 11.3 Å². The van der Waals surface area contributed by atoms with Gasteiger partial charge in [-0.2, -0.15) is 5.26 Å². The minimum Gasteiger partial charge on any atom is -0.306 e. The van der Waals surface area contributed by atoms with Crippen LogP contribution < -0.4 is 0 Å². The Labute approximate surface area is 186 Å². The molecule has 1 aliphatic carbocycles. The number of nitrogens with zero attached hydrogens (tertiary/aromatic N) is 2. The van der Waals surface area contributed by atoms with Gasteiger partial charge < -0.3 is 4.90 Å². The maximum Gasteiger partial charge on any atom is 0.0587 e. The molecule has 0 spiro atoms. The molecule has 0 unspecified atom stereocenters. The molecule has 0 saturated heterocycles.